The highest BCUT2D eigenvalue weighted by atomic mass is 16.5. The molecule has 1 rings (SSSR count). The number of nitriles is 1. The highest BCUT2D eigenvalue weighted by Crippen LogP contribution is 2.31. The van der Waals surface area contributed by atoms with Gasteiger partial charge in [0, 0.05) is 13.5 Å². The summed E-state index contributed by atoms with van der Waals surface area (Å²) in [7, 11) is 1.67. The van der Waals surface area contributed by atoms with Gasteiger partial charge in [-0.05, 0) is 25.8 Å². The van der Waals surface area contributed by atoms with Crippen LogP contribution in [0, 0.1) is 11.3 Å². The molecule has 16 heavy (non-hydrogen) atoms. The van der Waals surface area contributed by atoms with Crippen molar-refractivity contribution in [3.05, 3.63) is 0 Å². The fraction of sp³-hybridized carbons (Fsp3) is 0.917. The molecule has 4 heteroatoms. The van der Waals surface area contributed by atoms with Gasteiger partial charge in [0.2, 0.25) is 0 Å². The Morgan fingerprint density at radius 2 is 2.31 bits per heavy atom. The first kappa shape index (κ1) is 13.4. The van der Waals surface area contributed by atoms with E-state index in [0.29, 0.717) is 13.2 Å². The Hall–Kier alpha value is -0.630. The van der Waals surface area contributed by atoms with E-state index in [2.05, 4.69) is 18.3 Å². The predicted octanol–water partition coefficient (Wildman–Crippen LogP) is 1.46. The minimum atomic E-state index is -0.353. The van der Waals surface area contributed by atoms with Crippen molar-refractivity contribution in [3.8, 4) is 6.07 Å². The summed E-state index contributed by atoms with van der Waals surface area (Å²) in [5.74, 6) is 0. The molecular weight excluding hydrogens is 204 g/mol. The lowest BCUT2D eigenvalue weighted by Gasteiger charge is -2.22. The molecule has 92 valence electrons. The maximum atomic E-state index is 9.24. The van der Waals surface area contributed by atoms with Crippen molar-refractivity contribution in [2.75, 3.05) is 26.9 Å². The molecule has 0 spiro atoms. The third kappa shape index (κ3) is 3.75. The van der Waals surface area contributed by atoms with E-state index in [0.717, 1.165) is 32.2 Å². The molecule has 1 aliphatic carbocycles. The monoisotopic (exact) mass is 226 g/mol. The first-order chi connectivity index (χ1) is 7.76. The molecule has 4 nitrogen and oxygen atoms in total. The molecule has 1 aliphatic rings. The van der Waals surface area contributed by atoms with Crippen LogP contribution in [-0.2, 0) is 9.47 Å². The molecule has 0 aromatic rings. The standard InChI is InChI=1S/C12H22N2O2/c1-3-6-14-12(10-13)5-4-11(9-12)16-8-7-15-2/h11,14H,3-9H2,1-2H3. The zero-order valence-electron chi connectivity index (χ0n) is 10.3. The van der Waals surface area contributed by atoms with Crippen molar-refractivity contribution >= 4 is 0 Å². The maximum Gasteiger partial charge on any atom is 0.109 e. The van der Waals surface area contributed by atoms with E-state index in [9.17, 15) is 5.26 Å². The van der Waals surface area contributed by atoms with Crippen LogP contribution in [0.2, 0.25) is 0 Å². The van der Waals surface area contributed by atoms with Gasteiger partial charge in [-0.2, -0.15) is 5.26 Å². The number of rotatable bonds is 7. The fourth-order valence-electron chi connectivity index (χ4n) is 2.11. The Bertz CT molecular complexity index is 240. The minimum absolute atomic E-state index is 0.208. The maximum absolute atomic E-state index is 9.24. The number of hydrogen-bond donors (Lipinski definition) is 1. The summed E-state index contributed by atoms with van der Waals surface area (Å²) < 4.78 is 10.6. The zero-order valence-corrected chi connectivity index (χ0v) is 10.3. The van der Waals surface area contributed by atoms with Crippen LogP contribution in [0.1, 0.15) is 32.6 Å². The quantitative estimate of drug-likeness (QED) is 0.668. The van der Waals surface area contributed by atoms with Gasteiger partial charge in [-0.15, -0.1) is 0 Å². The summed E-state index contributed by atoms with van der Waals surface area (Å²) in [5.41, 5.74) is -0.353. The summed E-state index contributed by atoms with van der Waals surface area (Å²) >= 11 is 0. The molecule has 0 radical (unpaired) electrons. The van der Waals surface area contributed by atoms with Gasteiger partial charge in [0.1, 0.15) is 5.54 Å². The third-order valence-corrected chi connectivity index (χ3v) is 3.04. The number of nitrogens with zero attached hydrogens (tertiary/aromatic N) is 1. The highest BCUT2D eigenvalue weighted by molar-refractivity contribution is 5.12. The smallest absolute Gasteiger partial charge is 0.109 e. The molecule has 0 aromatic carbocycles. The van der Waals surface area contributed by atoms with Gasteiger partial charge in [-0.1, -0.05) is 6.92 Å². The van der Waals surface area contributed by atoms with E-state index in [1.165, 1.54) is 0 Å². The van der Waals surface area contributed by atoms with E-state index < -0.39 is 0 Å². The lowest BCUT2D eigenvalue weighted by Crippen LogP contribution is -2.42. The topological polar surface area (TPSA) is 54.3 Å². The van der Waals surface area contributed by atoms with Gasteiger partial charge in [-0.3, -0.25) is 5.32 Å². The minimum Gasteiger partial charge on any atom is -0.382 e. The summed E-state index contributed by atoms with van der Waals surface area (Å²) in [4.78, 5) is 0. The molecular formula is C12H22N2O2. The van der Waals surface area contributed by atoms with Gasteiger partial charge in [0.25, 0.3) is 0 Å². The average molecular weight is 226 g/mol. The second kappa shape index (κ2) is 6.85. The van der Waals surface area contributed by atoms with Crippen molar-refractivity contribution in [2.45, 2.75) is 44.2 Å². The van der Waals surface area contributed by atoms with Crippen LogP contribution in [0.15, 0.2) is 0 Å². The van der Waals surface area contributed by atoms with Crippen molar-refractivity contribution < 1.29 is 9.47 Å². The molecule has 1 fully saturated rings. The molecule has 0 heterocycles. The van der Waals surface area contributed by atoms with Gasteiger partial charge >= 0.3 is 0 Å². The van der Waals surface area contributed by atoms with E-state index in [1.54, 1.807) is 7.11 Å². The number of methoxy groups -OCH3 is 1. The SMILES string of the molecule is CCCNC1(C#N)CCC(OCCOC)C1. The largest absolute Gasteiger partial charge is 0.382 e. The second-order valence-electron chi connectivity index (χ2n) is 4.35. The molecule has 0 bridgehead atoms. The summed E-state index contributed by atoms with van der Waals surface area (Å²) in [6.45, 7) is 4.26. The van der Waals surface area contributed by atoms with E-state index >= 15 is 0 Å². The first-order valence-corrected chi connectivity index (χ1v) is 6.03. The average Bonchev–Trinajstić information content (AvgIpc) is 2.71. The van der Waals surface area contributed by atoms with Gasteiger partial charge in [0.15, 0.2) is 0 Å². The lowest BCUT2D eigenvalue weighted by atomic mass is 9.99. The molecule has 0 aromatic heterocycles. The Morgan fingerprint density at radius 3 is 2.94 bits per heavy atom. The van der Waals surface area contributed by atoms with Crippen LogP contribution in [0.25, 0.3) is 0 Å². The Morgan fingerprint density at radius 1 is 1.50 bits per heavy atom. The third-order valence-electron chi connectivity index (χ3n) is 3.04. The molecule has 0 amide bonds. The number of ether oxygens (including phenoxy) is 2. The fourth-order valence-corrected chi connectivity index (χ4v) is 2.11. The van der Waals surface area contributed by atoms with E-state index in [-0.39, 0.29) is 11.6 Å². The second-order valence-corrected chi connectivity index (χ2v) is 4.35. The zero-order chi connectivity index (χ0) is 11.9. The summed E-state index contributed by atoms with van der Waals surface area (Å²) in [6, 6.07) is 2.41. The number of nitrogens with one attached hydrogen (secondary N) is 1. The van der Waals surface area contributed by atoms with Crippen LogP contribution in [0.5, 0.6) is 0 Å². The normalized spacial score (nSPS) is 29.2. The van der Waals surface area contributed by atoms with Crippen LogP contribution in [0.4, 0.5) is 0 Å². The predicted molar refractivity (Wildman–Crippen MR) is 62.1 cm³/mol. The highest BCUT2D eigenvalue weighted by Gasteiger charge is 2.39. The molecule has 2 atom stereocenters. The van der Waals surface area contributed by atoms with Crippen molar-refractivity contribution in [1.82, 2.24) is 5.32 Å². The van der Waals surface area contributed by atoms with E-state index in [1.807, 2.05) is 0 Å². The van der Waals surface area contributed by atoms with Crippen LogP contribution in [0.3, 0.4) is 0 Å². The Balaban J connectivity index is 2.33. The van der Waals surface area contributed by atoms with E-state index in [4.69, 9.17) is 9.47 Å². The Labute approximate surface area is 97.9 Å². The molecule has 0 saturated heterocycles. The molecule has 2 unspecified atom stereocenters. The first-order valence-electron chi connectivity index (χ1n) is 6.03. The Kier molecular flexibility index (Phi) is 5.75. The van der Waals surface area contributed by atoms with Crippen molar-refractivity contribution in [2.24, 2.45) is 0 Å². The van der Waals surface area contributed by atoms with Crippen molar-refractivity contribution in [1.29, 1.82) is 5.26 Å². The van der Waals surface area contributed by atoms with Gasteiger partial charge in [0.05, 0.1) is 25.4 Å². The molecule has 0 aliphatic heterocycles. The summed E-state index contributed by atoms with van der Waals surface area (Å²) in [6.07, 6.45) is 3.92. The number of hydrogen-bond acceptors (Lipinski definition) is 4. The van der Waals surface area contributed by atoms with Crippen LogP contribution >= 0.6 is 0 Å². The molecule has 1 saturated carbocycles. The van der Waals surface area contributed by atoms with Gasteiger partial charge < -0.3 is 9.47 Å². The summed E-state index contributed by atoms with van der Waals surface area (Å²) in [5, 5.41) is 12.6. The molecule has 1 N–H and O–H groups in total. The van der Waals surface area contributed by atoms with Crippen LogP contribution in [-0.4, -0.2) is 38.5 Å². The van der Waals surface area contributed by atoms with Crippen LogP contribution < -0.4 is 5.32 Å². The van der Waals surface area contributed by atoms with Crippen molar-refractivity contribution in [3.63, 3.8) is 0 Å². The van der Waals surface area contributed by atoms with Gasteiger partial charge in [-0.25, -0.2) is 0 Å². The lowest BCUT2D eigenvalue weighted by molar-refractivity contribution is 0.0186.